The van der Waals surface area contributed by atoms with E-state index in [4.69, 9.17) is 0 Å². The molecule has 0 bridgehead atoms. The second kappa shape index (κ2) is 5.19. The molecule has 0 radical (unpaired) electrons. The predicted molar refractivity (Wildman–Crippen MR) is 75.3 cm³/mol. The number of nitrogens with one attached hydrogen (secondary N) is 1. The van der Waals surface area contributed by atoms with Gasteiger partial charge in [-0.05, 0) is 45.5 Å². The third-order valence-corrected chi connectivity index (χ3v) is 3.38. The highest BCUT2D eigenvalue weighted by Crippen LogP contribution is 2.24. The highest BCUT2D eigenvalue weighted by atomic mass is 79.9. The summed E-state index contributed by atoms with van der Waals surface area (Å²) in [6.45, 7) is 7.53. The molecule has 0 saturated heterocycles. The van der Waals surface area contributed by atoms with Crippen molar-refractivity contribution in [1.82, 2.24) is 5.32 Å². The fourth-order valence-corrected chi connectivity index (χ4v) is 2.10. The van der Waals surface area contributed by atoms with Gasteiger partial charge < -0.3 is 10.2 Å². The maximum Gasteiger partial charge on any atom is 0.0405 e. The van der Waals surface area contributed by atoms with Gasteiger partial charge in [-0.1, -0.05) is 22.0 Å². The predicted octanol–water partition coefficient (Wildman–Crippen LogP) is 3.19. The molecule has 2 nitrogen and oxygen atoms in total. The summed E-state index contributed by atoms with van der Waals surface area (Å²) in [5.41, 5.74) is 2.69. The van der Waals surface area contributed by atoms with E-state index in [-0.39, 0.29) is 5.54 Å². The lowest BCUT2D eigenvalue weighted by Crippen LogP contribution is -2.46. The zero-order valence-corrected chi connectivity index (χ0v) is 12.4. The Hall–Kier alpha value is -0.540. The summed E-state index contributed by atoms with van der Waals surface area (Å²) in [5, 5.41) is 3.32. The third kappa shape index (κ3) is 3.49. The fraction of sp³-hybridized carbons (Fsp3) is 0.538. The van der Waals surface area contributed by atoms with Crippen LogP contribution in [0.25, 0.3) is 0 Å². The number of likely N-dealkylation sites (N-methyl/N-ethyl adjacent to an activating group) is 2. The highest BCUT2D eigenvalue weighted by molar-refractivity contribution is 9.10. The van der Waals surface area contributed by atoms with Crippen LogP contribution in [0.15, 0.2) is 22.7 Å². The van der Waals surface area contributed by atoms with Gasteiger partial charge in [-0.25, -0.2) is 0 Å². The van der Waals surface area contributed by atoms with Crippen molar-refractivity contribution in [2.24, 2.45) is 0 Å². The average molecular weight is 285 g/mol. The molecule has 1 aromatic rings. The number of benzene rings is 1. The van der Waals surface area contributed by atoms with E-state index in [0.29, 0.717) is 0 Å². The van der Waals surface area contributed by atoms with Gasteiger partial charge >= 0.3 is 0 Å². The summed E-state index contributed by atoms with van der Waals surface area (Å²) < 4.78 is 1.13. The molecule has 0 aliphatic rings. The van der Waals surface area contributed by atoms with Gasteiger partial charge in [-0.2, -0.15) is 0 Å². The van der Waals surface area contributed by atoms with E-state index >= 15 is 0 Å². The van der Waals surface area contributed by atoms with Crippen LogP contribution in [0.1, 0.15) is 19.4 Å². The Kier molecular flexibility index (Phi) is 4.39. The zero-order chi connectivity index (χ0) is 12.3. The van der Waals surface area contributed by atoms with Crippen LogP contribution in [0.2, 0.25) is 0 Å². The molecule has 0 heterocycles. The van der Waals surface area contributed by atoms with Crippen molar-refractivity contribution < 1.29 is 0 Å². The van der Waals surface area contributed by atoms with Crippen LogP contribution >= 0.6 is 15.9 Å². The quantitative estimate of drug-likeness (QED) is 0.914. The van der Waals surface area contributed by atoms with Crippen molar-refractivity contribution >= 4 is 21.6 Å². The molecule has 0 saturated carbocycles. The van der Waals surface area contributed by atoms with Crippen LogP contribution in [0.3, 0.4) is 0 Å². The van der Waals surface area contributed by atoms with Gasteiger partial charge in [0.1, 0.15) is 0 Å². The minimum absolute atomic E-state index is 0.115. The van der Waals surface area contributed by atoms with E-state index in [1.807, 2.05) is 7.05 Å². The Morgan fingerprint density at radius 1 is 1.38 bits per heavy atom. The average Bonchev–Trinajstić information content (AvgIpc) is 2.21. The molecular formula is C13H21BrN2. The molecule has 0 fully saturated rings. The minimum atomic E-state index is 0.115. The molecule has 0 aliphatic carbocycles. The van der Waals surface area contributed by atoms with Crippen molar-refractivity contribution in [1.29, 1.82) is 0 Å². The smallest absolute Gasteiger partial charge is 0.0405 e. The molecule has 1 aromatic carbocycles. The number of hydrogen-bond acceptors (Lipinski definition) is 2. The highest BCUT2D eigenvalue weighted by Gasteiger charge is 2.18. The Labute approximate surface area is 107 Å². The molecular weight excluding hydrogens is 264 g/mol. The molecule has 0 atom stereocenters. The van der Waals surface area contributed by atoms with Gasteiger partial charge in [0.15, 0.2) is 0 Å². The van der Waals surface area contributed by atoms with Crippen LogP contribution in [0.4, 0.5) is 5.69 Å². The van der Waals surface area contributed by atoms with E-state index in [0.717, 1.165) is 11.0 Å². The lowest BCUT2D eigenvalue weighted by Gasteiger charge is -2.32. The topological polar surface area (TPSA) is 15.3 Å². The molecule has 16 heavy (non-hydrogen) atoms. The number of nitrogens with zero attached hydrogens (tertiary/aromatic N) is 1. The standard InChI is InChI=1S/C13H21BrN2/c1-10-6-7-11(14)8-12(10)16(5)9-13(2,3)15-4/h6-8,15H,9H2,1-5H3. The summed E-state index contributed by atoms with van der Waals surface area (Å²) in [6.07, 6.45) is 0. The third-order valence-electron chi connectivity index (χ3n) is 2.89. The van der Waals surface area contributed by atoms with Gasteiger partial charge in [0.25, 0.3) is 0 Å². The Balaban J connectivity index is 2.88. The van der Waals surface area contributed by atoms with Crippen LogP contribution in [-0.4, -0.2) is 26.2 Å². The van der Waals surface area contributed by atoms with Crippen molar-refractivity contribution in [3.05, 3.63) is 28.2 Å². The van der Waals surface area contributed by atoms with Crippen LogP contribution in [0, 0.1) is 6.92 Å². The second-order valence-electron chi connectivity index (χ2n) is 4.92. The SMILES string of the molecule is CNC(C)(C)CN(C)c1cc(Br)ccc1C. The molecule has 3 heteroatoms. The summed E-state index contributed by atoms with van der Waals surface area (Å²) in [6, 6.07) is 6.39. The maximum absolute atomic E-state index is 3.52. The summed E-state index contributed by atoms with van der Waals surface area (Å²) in [7, 11) is 4.13. The van der Waals surface area contributed by atoms with Gasteiger partial charge in [0.2, 0.25) is 0 Å². The Morgan fingerprint density at radius 3 is 2.56 bits per heavy atom. The first-order chi connectivity index (χ1) is 7.35. The van der Waals surface area contributed by atoms with Crippen LogP contribution in [0.5, 0.6) is 0 Å². The zero-order valence-electron chi connectivity index (χ0n) is 10.8. The van der Waals surface area contributed by atoms with E-state index in [9.17, 15) is 0 Å². The number of anilines is 1. The number of hydrogen-bond donors (Lipinski definition) is 1. The fourth-order valence-electron chi connectivity index (χ4n) is 1.75. The first-order valence-electron chi connectivity index (χ1n) is 5.52. The number of halogens is 1. The van der Waals surface area contributed by atoms with E-state index in [1.54, 1.807) is 0 Å². The van der Waals surface area contributed by atoms with E-state index in [2.05, 4.69) is 72.2 Å². The molecule has 1 rings (SSSR count). The number of aryl methyl sites for hydroxylation is 1. The summed E-state index contributed by atoms with van der Waals surface area (Å²) >= 11 is 3.52. The van der Waals surface area contributed by atoms with Gasteiger partial charge in [-0.15, -0.1) is 0 Å². The lowest BCUT2D eigenvalue weighted by atomic mass is 10.0. The molecule has 0 aromatic heterocycles. The minimum Gasteiger partial charge on any atom is -0.373 e. The van der Waals surface area contributed by atoms with Gasteiger partial charge in [0, 0.05) is 29.3 Å². The van der Waals surface area contributed by atoms with Crippen molar-refractivity contribution in [3.63, 3.8) is 0 Å². The number of rotatable bonds is 4. The van der Waals surface area contributed by atoms with Gasteiger partial charge in [-0.3, -0.25) is 0 Å². The molecule has 0 unspecified atom stereocenters. The van der Waals surface area contributed by atoms with Crippen molar-refractivity contribution in [2.45, 2.75) is 26.3 Å². The maximum atomic E-state index is 3.52. The second-order valence-corrected chi connectivity index (χ2v) is 5.84. The lowest BCUT2D eigenvalue weighted by molar-refractivity contribution is 0.428. The molecule has 90 valence electrons. The summed E-state index contributed by atoms with van der Waals surface area (Å²) in [5.74, 6) is 0. The van der Waals surface area contributed by atoms with Gasteiger partial charge in [0.05, 0.1) is 0 Å². The van der Waals surface area contributed by atoms with E-state index in [1.165, 1.54) is 11.3 Å². The molecule has 0 aliphatic heterocycles. The van der Waals surface area contributed by atoms with Crippen molar-refractivity contribution in [2.75, 3.05) is 25.5 Å². The van der Waals surface area contributed by atoms with Crippen molar-refractivity contribution in [3.8, 4) is 0 Å². The van der Waals surface area contributed by atoms with E-state index < -0.39 is 0 Å². The largest absolute Gasteiger partial charge is 0.373 e. The monoisotopic (exact) mass is 284 g/mol. The molecule has 0 spiro atoms. The molecule has 1 N–H and O–H groups in total. The van der Waals surface area contributed by atoms with Crippen LogP contribution < -0.4 is 10.2 Å². The Bertz CT molecular complexity index is 361. The normalized spacial score (nSPS) is 11.6. The molecule has 0 amide bonds. The Morgan fingerprint density at radius 2 is 2.00 bits per heavy atom. The first-order valence-corrected chi connectivity index (χ1v) is 6.31. The van der Waals surface area contributed by atoms with Crippen LogP contribution in [-0.2, 0) is 0 Å². The summed E-state index contributed by atoms with van der Waals surface area (Å²) in [4.78, 5) is 2.29. The first kappa shape index (κ1) is 13.5.